The molecular formula is C15H22BrClN2O. The fourth-order valence-corrected chi connectivity index (χ4v) is 2.58. The van der Waals surface area contributed by atoms with Crippen LogP contribution in [0.25, 0.3) is 0 Å². The Labute approximate surface area is 134 Å². The number of halogens is 2. The standard InChI is InChI=1S/C15H22BrClN2O/c1-10(2)8-11(19(3)4)9-18-15(20)12-6-5-7-13(16)14(12)17/h5-7,10-11H,8-9H2,1-4H3,(H,18,20). The van der Waals surface area contributed by atoms with Gasteiger partial charge in [0.15, 0.2) is 0 Å². The van der Waals surface area contributed by atoms with Gasteiger partial charge in [-0.15, -0.1) is 0 Å². The third kappa shape index (κ3) is 5.08. The van der Waals surface area contributed by atoms with Crippen molar-refractivity contribution in [3.05, 3.63) is 33.3 Å². The summed E-state index contributed by atoms with van der Waals surface area (Å²) in [6.07, 6.45) is 1.04. The smallest absolute Gasteiger partial charge is 0.252 e. The van der Waals surface area contributed by atoms with E-state index in [-0.39, 0.29) is 5.91 Å². The van der Waals surface area contributed by atoms with Gasteiger partial charge < -0.3 is 10.2 Å². The highest BCUT2D eigenvalue weighted by molar-refractivity contribution is 9.10. The molecule has 0 saturated carbocycles. The number of hydrogen-bond acceptors (Lipinski definition) is 2. The van der Waals surface area contributed by atoms with E-state index in [4.69, 9.17) is 11.6 Å². The summed E-state index contributed by atoms with van der Waals surface area (Å²) in [6, 6.07) is 5.68. The van der Waals surface area contributed by atoms with Crippen LogP contribution in [-0.2, 0) is 0 Å². The van der Waals surface area contributed by atoms with Crippen LogP contribution in [0.2, 0.25) is 5.02 Å². The summed E-state index contributed by atoms with van der Waals surface area (Å²) in [7, 11) is 4.07. The molecule has 5 heteroatoms. The van der Waals surface area contributed by atoms with Crippen LogP contribution in [0.4, 0.5) is 0 Å². The number of nitrogens with one attached hydrogen (secondary N) is 1. The van der Waals surface area contributed by atoms with Crippen molar-refractivity contribution in [2.45, 2.75) is 26.3 Å². The van der Waals surface area contributed by atoms with E-state index < -0.39 is 0 Å². The monoisotopic (exact) mass is 360 g/mol. The van der Waals surface area contributed by atoms with Crippen molar-refractivity contribution in [3.8, 4) is 0 Å². The lowest BCUT2D eigenvalue weighted by atomic mass is 10.0. The maximum absolute atomic E-state index is 12.2. The van der Waals surface area contributed by atoms with Crippen molar-refractivity contribution < 1.29 is 4.79 Å². The van der Waals surface area contributed by atoms with Gasteiger partial charge in [0.25, 0.3) is 5.91 Å². The zero-order valence-corrected chi connectivity index (χ0v) is 14.8. The predicted molar refractivity (Wildman–Crippen MR) is 88.4 cm³/mol. The molecule has 0 bridgehead atoms. The third-order valence-electron chi connectivity index (χ3n) is 3.17. The number of hydrogen-bond donors (Lipinski definition) is 1. The molecule has 0 radical (unpaired) electrons. The van der Waals surface area contributed by atoms with Gasteiger partial charge in [0.2, 0.25) is 0 Å². The molecular weight excluding hydrogens is 340 g/mol. The molecule has 0 aliphatic rings. The van der Waals surface area contributed by atoms with E-state index in [1.807, 2.05) is 26.2 Å². The molecule has 0 aliphatic carbocycles. The highest BCUT2D eigenvalue weighted by atomic mass is 79.9. The molecule has 1 aromatic rings. The van der Waals surface area contributed by atoms with Gasteiger partial charge in [-0.05, 0) is 54.5 Å². The second-order valence-corrected chi connectivity index (χ2v) is 6.79. The van der Waals surface area contributed by atoms with Gasteiger partial charge in [-0.25, -0.2) is 0 Å². The maximum atomic E-state index is 12.2. The van der Waals surface area contributed by atoms with Crippen molar-refractivity contribution >= 4 is 33.4 Å². The minimum absolute atomic E-state index is 0.132. The number of carbonyl (C=O) groups is 1. The van der Waals surface area contributed by atoms with Gasteiger partial charge in [0, 0.05) is 17.1 Å². The molecule has 1 aromatic carbocycles. The van der Waals surface area contributed by atoms with Gasteiger partial charge in [0.05, 0.1) is 10.6 Å². The van der Waals surface area contributed by atoms with E-state index in [0.717, 1.165) is 10.9 Å². The first-order valence-electron chi connectivity index (χ1n) is 6.71. The van der Waals surface area contributed by atoms with Crippen molar-refractivity contribution in [2.75, 3.05) is 20.6 Å². The topological polar surface area (TPSA) is 32.3 Å². The quantitative estimate of drug-likeness (QED) is 0.835. The van der Waals surface area contributed by atoms with Crippen LogP contribution in [0.1, 0.15) is 30.6 Å². The van der Waals surface area contributed by atoms with E-state index in [2.05, 4.69) is 40.0 Å². The van der Waals surface area contributed by atoms with Crippen LogP contribution in [0, 0.1) is 5.92 Å². The maximum Gasteiger partial charge on any atom is 0.252 e. The number of nitrogens with zero attached hydrogens (tertiary/aromatic N) is 1. The van der Waals surface area contributed by atoms with Crippen molar-refractivity contribution in [1.29, 1.82) is 0 Å². The fourth-order valence-electron chi connectivity index (χ4n) is 2.01. The Hall–Kier alpha value is -0.580. The summed E-state index contributed by atoms with van der Waals surface area (Å²) in [5, 5.41) is 3.42. The largest absolute Gasteiger partial charge is 0.350 e. The Kier molecular flexibility index (Phi) is 7.00. The Morgan fingerprint density at radius 3 is 2.60 bits per heavy atom. The predicted octanol–water partition coefficient (Wildman–Crippen LogP) is 3.81. The SMILES string of the molecule is CC(C)CC(CNC(=O)c1cccc(Br)c1Cl)N(C)C. The summed E-state index contributed by atoms with van der Waals surface area (Å²) in [4.78, 5) is 14.3. The summed E-state index contributed by atoms with van der Waals surface area (Å²) in [6.45, 7) is 4.99. The molecule has 1 rings (SSSR count). The van der Waals surface area contributed by atoms with Crippen molar-refractivity contribution in [2.24, 2.45) is 5.92 Å². The average molecular weight is 362 g/mol. The minimum Gasteiger partial charge on any atom is -0.350 e. The van der Waals surface area contributed by atoms with Crippen LogP contribution in [0.3, 0.4) is 0 Å². The number of carbonyl (C=O) groups excluding carboxylic acids is 1. The first kappa shape index (κ1) is 17.5. The molecule has 0 spiro atoms. The van der Waals surface area contributed by atoms with Gasteiger partial charge in [-0.3, -0.25) is 4.79 Å². The molecule has 0 saturated heterocycles. The first-order chi connectivity index (χ1) is 9.32. The van der Waals surface area contributed by atoms with E-state index in [0.29, 0.717) is 29.1 Å². The molecule has 1 amide bonds. The normalized spacial score (nSPS) is 12.8. The number of benzene rings is 1. The minimum atomic E-state index is -0.132. The van der Waals surface area contributed by atoms with Crippen LogP contribution >= 0.6 is 27.5 Å². The second-order valence-electron chi connectivity index (χ2n) is 5.56. The van der Waals surface area contributed by atoms with Crippen LogP contribution in [-0.4, -0.2) is 37.5 Å². The third-order valence-corrected chi connectivity index (χ3v) is 4.46. The summed E-state index contributed by atoms with van der Waals surface area (Å²) in [5.74, 6) is 0.459. The summed E-state index contributed by atoms with van der Waals surface area (Å²) >= 11 is 9.46. The number of likely N-dealkylation sites (N-methyl/N-ethyl adjacent to an activating group) is 1. The molecule has 0 aliphatic heterocycles. The summed E-state index contributed by atoms with van der Waals surface area (Å²) < 4.78 is 0.734. The van der Waals surface area contributed by atoms with Crippen LogP contribution in [0.5, 0.6) is 0 Å². The Morgan fingerprint density at radius 1 is 1.40 bits per heavy atom. The molecule has 1 unspecified atom stereocenters. The number of amides is 1. The lowest BCUT2D eigenvalue weighted by Crippen LogP contribution is -2.41. The molecule has 20 heavy (non-hydrogen) atoms. The van der Waals surface area contributed by atoms with E-state index in [9.17, 15) is 4.79 Å². The van der Waals surface area contributed by atoms with Gasteiger partial charge in [-0.2, -0.15) is 0 Å². The number of rotatable bonds is 6. The van der Waals surface area contributed by atoms with Crippen LogP contribution < -0.4 is 5.32 Å². The van der Waals surface area contributed by atoms with Gasteiger partial charge >= 0.3 is 0 Å². The van der Waals surface area contributed by atoms with Crippen LogP contribution in [0.15, 0.2) is 22.7 Å². The molecule has 3 nitrogen and oxygen atoms in total. The molecule has 112 valence electrons. The molecule has 1 N–H and O–H groups in total. The Bertz CT molecular complexity index is 463. The highest BCUT2D eigenvalue weighted by Crippen LogP contribution is 2.25. The molecule has 0 fully saturated rings. The zero-order chi connectivity index (χ0) is 15.3. The lowest BCUT2D eigenvalue weighted by Gasteiger charge is -2.26. The van der Waals surface area contributed by atoms with Crippen molar-refractivity contribution in [1.82, 2.24) is 10.2 Å². The Balaban J connectivity index is 2.68. The Morgan fingerprint density at radius 2 is 2.05 bits per heavy atom. The molecule has 1 atom stereocenters. The average Bonchev–Trinajstić information content (AvgIpc) is 2.36. The summed E-state index contributed by atoms with van der Waals surface area (Å²) in [5.41, 5.74) is 0.503. The van der Waals surface area contributed by atoms with E-state index in [1.54, 1.807) is 6.07 Å². The lowest BCUT2D eigenvalue weighted by molar-refractivity contribution is 0.0938. The van der Waals surface area contributed by atoms with E-state index >= 15 is 0 Å². The van der Waals surface area contributed by atoms with E-state index in [1.165, 1.54) is 0 Å². The molecule has 0 aromatic heterocycles. The second kappa shape index (κ2) is 8.01. The zero-order valence-electron chi connectivity index (χ0n) is 12.4. The molecule has 0 heterocycles. The van der Waals surface area contributed by atoms with Crippen molar-refractivity contribution in [3.63, 3.8) is 0 Å². The van der Waals surface area contributed by atoms with Gasteiger partial charge in [-0.1, -0.05) is 31.5 Å². The fraction of sp³-hybridized carbons (Fsp3) is 0.533. The first-order valence-corrected chi connectivity index (χ1v) is 7.88. The highest BCUT2D eigenvalue weighted by Gasteiger charge is 2.17. The van der Waals surface area contributed by atoms with Gasteiger partial charge in [0.1, 0.15) is 0 Å².